The van der Waals surface area contributed by atoms with Crippen LogP contribution in [0.15, 0.2) is 18.2 Å². The molecule has 0 atom stereocenters. The number of hydrogen-bond donors (Lipinski definition) is 1. The summed E-state index contributed by atoms with van der Waals surface area (Å²) >= 11 is 0. The molecule has 1 aromatic rings. The van der Waals surface area contributed by atoms with Crippen LogP contribution in [-0.2, 0) is 4.79 Å². The minimum absolute atomic E-state index is 0.175. The molecule has 4 heteroatoms. The molecule has 1 aromatic carbocycles. The zero-order valence-corrected chi connectivity index (χ0v) is 13.5. The van der Waals surface area contributed by atoms with E-state index in [4.69, 9.17) is 4.74 Å². The Balaban J connectivity index is 2.00. The first-order valence-corrected chi connectivity index (χ1v) is 7.61. The van der Waals surface area contributed by atoms with E-state index in [2.05, 4.69) is 25.2 Å². The van der Waals surface area contributed by atoms with Gasteiger partial charge in [0.15, 0.2) is 0 Å². The van der Waals surface area contributed by atoms with Crippen LogP contribution in [-0.4, -0.2) is 43.6 Å². The standard InChI is InChI=1S/C17H26N2O2/c1-13-6-5-7-15(14(13)2)21-12-17(3,4)16(20)19-10-8-18-9-11-19/h5-7,18H,8-12H2,1-4H3. The van der Waals surface area contributed by atoms with Crippen LogP contribution in [0.1, 0.15) is 25.0 Å². The normalized spacial score (nSPS) is 15.9. The summed E-state index contributed by atoms with van der Waals surface area (Å²) in [5.41, 5.74) is 1.84. The van der Waals surface area contributed by atoms with Crippen molar-refractivity contribution in [2.45, 2.75) is 27.7 Å². The number of piperazine rings is 1. The minimum atomic E-state index is -0.506. The molecule has 1 aliphatic rings. The Kier molecular flexibility index (Phi) is 4.88. The number of hydrogen-bond acceptors (Lipinski definition) is 3. The third kappa shape index (κ3) is 3.76. The first kappa shape index (κ1) is 15.8. The van der Waals surface area contributed by atoms with Gasteiger partial charge < -0.3 is 15.0 Å². The Hall–Kier alpha value is -1.55. The highest BCUT2D eigenvalue weighted by Crippen LogP contribution is 2.25. The van der Waals surface area contributed by atoms with Crippen molar-refractivity contribution in [1.29, 1.82) is 0 Å². The number of ether oxygens (including phenoxy) is 1. The van der Waals surface area contributed by atoms with E-state index in [-0.39, 0.29) is 5.91 Å². The number of aryl methyl sites for hydroxylation is 1. The summed E-state index contributed by atoms with van der Waals surface area (Å²) < 4.78 is 5.93. The highest BCUT2D eigenvalue weighted by molar-refractivity contribution is 5.82. The van der Waals surface area contributed by atoms with Gasteiger partial charge in [-0.3, -0.25) is 4.79 Å². The van der Waals surface area contributed by atoms with Crippen molar-refractivity contribution < 1.29 is 9.53 Å². The molecular formula is C17H26N2O2. The number of carbonyl (C=O) groups is 1. The Labute approximate surface area is 127 Å². The van der Waals surface area contributed by atoms with Gasteiger partial charge in [-0.2, -0.15) is 0 Å². The van der Waals surface area contributed by atoms with E-state index in [0.29, 0.717) is 6.61 Å². The van der Waals surface area contributed by atoms with Crippen molar-refractivity contribution in [3.05, 3.63) is 29.3 Å². The molecule has 0 saturated carbocycles. The van der Waals surface area contributed by atoms with Gasteiger partial charge in [-0.05, 0) is 44.9 Å². The van der Waals surface area contributed by atoms with Crippen molar-refractivity contribution in [2.75, 3.05) is 32.8 Å². The van der Waals surface area contributed by atoms with Crippen LogP contribution in [0, 0.1) is 19.3 Å². The van der Waals surface area contributed by atoms with Crippen molar-refractivity contribution in [1.82, 2.24) is 10.2 Å². The van der Waals surface area contributed by atoms with Crippen LogP contribution in [0.2, 0.25) is 0 Å². The molecule has 0 aliphatic carbocycles. The molecule has 21 heavy (non-hydrogen) atoms. The fourth-order valence-corrected chi connectivity index (χ4v) is 2.50. The van der Waals surface area contributed by atoms with Gasteiger partial charge in [-0.15, -0.1) is 0 Å². The summed E-state index contributed by atoms with van der Waals surface area (Å²) in [6.45, 7) is 11.8. The second-order valence-electron chi connectivity index (χ2n) is 6.41. The Morgan fingerprint density at radius 1 is 1.29 bits per heavy atom. The van der Waals surface area contributed by atoms with Gasteiger partial charge in [0, 0.05) is 26.2 Å². The van der Waals surface area contributed by atoms with Gasteiger partial charge in [0.2, 0.25) is 5.91 Å². The zero-order chi connectivity index (χ0) is 15.5. The maximum absolute atomic E-state index is 12.6. The summed E-state index contributed by atoms with van der Waals surface area (Å²) in [5, 5.41) is 3.27. The van der Waals surface area contributed by atoms with Gasteiger partial charge >= 0.3 is 0 Å². The van der Waals surface area contributed by atoms with Gasteiger partial charge in [-0.1, -0.05) is 12.1 Å². The maximum Gasteiger partial charge on any atom is 0.231 e. The Morgan fingerprint density at radius 3 is 2.62 bits per heavy atom. The van der Waals surface area contributed by atoms with Gasteiger partial charge in [-0.25, -0.2) is 0 Å². The van der Waals surface area contributed by atoms with Crippen LogP contribution >= 0.6 is 0 Å². The van der Waals surface area contributed by atoms with E-state index < -0.39 is 5.41 Å². The number of carbonyl (C=O) groups excluding carboxylic acids is 1. The molecule has 0 aromatic heterocycles. The van der Waals surface area contributed by atoms with Crippen molar-refractivity contribution in [2.24, 2.45) is 5.41 Å². The topological polar surface area (TPSA) is 41.6 Å². The predicted molar refractivity (Wildman–Crippen MR) is 84.6 cm³/mol. The van der Waals surface area contributed by atoms with Gasteiger partial charge in [0.25, 0.3) is 0 Å². The summed E-state index contributed by atoms with van der Waals surface area (Å²) in [5.74, 6) is 1.05. The lowest BCUT2D eigenvalue weighted by molar-refractivity contribution is -0.142. The quantitative estimate of drug-likeness (QED) is 0.924. The van der Waals surface area contributed by atoms with E-state index in [1.165, 1.54) is 5.56 Å². The molecule has 1 amide bonds. The number of benzene rings is 1. The fraction of sp³-hybridized carbons (Fsp3) is 0.588. The van der Waals surface area contributed by atoms with Crippen molar-refractivity contribution in [3.8, 4) is 5.75 Å². The van der Waals surface area contributed by atoms with E-state index >= 15 is 0 Å². The fourth-order valence-electron chi connectivity index (χ4n) is 2.50. The van der Waals surface area contributed by atoms with Crippen LogP contribution in [0.25, 0.3) is 0 Å². The van der Waals surface area contributed by atoms with Crippen LogP contribution in [0.4, 0.5) is 0 Å². The lowest BCUT2D eigenvalue weighted by Gasteiger charge is -2.34. The molecule has 2 rings (SSSR count). The smallest absolute Gasteiger partial charge is 0.231 e. The molecule has 1 saturated heterocycles. The molecule has 0 spiro atoms. The Bertz CT molecular complexity index is 506. The summed E-state index contributed by atoms with van der Waals surface area (Å²) in [6.07, 6.45) is 0. The highest BCUT2D eigenvalue weighted by atomic mass is 16.5. The average molecular weight is 290 g/mol. The lowest BCUT2D eigenvalue weighted by atomic mass is 9.92. The second kappa shape index (κ2) is 6.48. The molecule has 1 heterocycles. The molecule has 0 radical (unpaired) electrons. The zero-order valence-electron chi connectivity index (χ0n) is 13.5. The average Bonchev–Trinajstić information content (AvgIpc) is 2.49. The third-order valence-electron chi connectivity index (χ3n) is 4.13. The van der Waals surface area contributed by atoms with Gasteiger partial charge in [0.1, 0.15) is 12.4 Å². The van der Waals surface area contributed by atoms with Crippen molar-refractivity contribution in [3.63, 3.8) is 0 Å². The molecule has 0 unspecified atom stereocenters. The van der Waals surface area contributed by atoms with E-state index in [0.717, 1.165) is 37.5 Å². The first-order chi connectivity index (χ1) is 9.92. The monoisotopic (exact) mass is 290 g/mol. The summed E-state index contributed by atoms with van der Waals surface area (Å²) in [4.78, 5) is 14.5. The number of rotatable bonds is 4. The van der Waals surface area contributed by atoms with Crippen LogP contribution in [0.5, 0.6) is 5.75 Å². The maximum atomic E-state index is 12.6. The third-order valence-corrected chi connectivity index (χ3v) is 4.13. The number of nitrogens with zero attached hydrogens (tertiary/aromatic N) is 1. The number of amides is 1. The van der Waals surface area contributed by atoms with Crippen molar-refractivity contribution >= 4 is 5.91 Å². The van der Waals surface area contributed by atoms with E-state index in [1.807, 2.05) is 30.9 Å². The largest absolute Gasteiger partial charge is 0.492 e. The van der Waals surface area contributed by atoms with Gasteiger partial charge in [0.05, 0.1) is 5.41 Å². The van der Waals surface area contributed by atoms with E-state index in [1.54, 1.807) is 0 Å². The predicted octanol–water partition coefficient (Wildman–Crippen LogP) is 2.14. The Morgan fingerprint density at radius 2 is 1.95 bits per heavy atom. The molecule has 1 fully saturated rings. The summed E-state index contributed by atoms with van der Waals surface area (Å²) in [7, 11) is 0. The molecule has 4 nitrogen and oxygen atoms in total. The van der Waals surface area contributed by atoms with Crippen LogP contribution < -0.4 is 10.1 Å². The minimum Gasteiger partial charge on any atom is -0.492 e. The SMILES string of the molecule is Cc1cccc(OCC(C)(C)C(=O)N2CCNCC2)c1C. The van der Waals surface area contributed by atoms with E-state index in [9.17, 15) is 4.79 Å². The molecule has 1 N–H and O–H groups in total. The number of nitrogens with one attached hydrogen (secondary N) is 1. The lowest BCUT2D eigenvalue weighted by Crippen LogP contribution is -2.51. The summed E-state index contributed by atoms with van der Waals surface area (Å²) in [6, 6.07) is 6.02. The molecular weight excluding hydrogens is 264 g/mol. The molecule has 116 valence electrons. The first-order valence-electron chi connectivity index (χ1n) is 7.61. The van der Waals surface area contributed by atoms with Crippen LogP contribution in [0.3, 0.4) is 0 Å². The highest BCUT2D eigenvalue weighted by Gasteiger charge is 2.33. The molecule has 1 aliphatic heterocycles. The second-order valence-corrected chi connectivity index (χ2v) is 6.41. The molecule has 0 bridgehead atoms.